The highest BCUT2D eigenvalue weighted by Crippen LogP contribution is 2.23. The van der Waals surface area contributed by atoms with Gasteiger partial charge in [-0.05, 0) is 43.4 Å². The molecule has 1 aliphatic carbocycles. The Morgan fingerprint density at radius 2 is 2.05 bits per heavy atom. The summed E-state index contributed by atoms with van der Waals surface area (Å²) in [5, 5.41) is 9.11. The maximum atomic E-state index is 13.2. The Bertz CT molecular complexity index is 607. The maximum Gasteiger partial charge on any atom is 0.239 e. The van der Waals surface area contributed by atoms with E-state index in [-0.39, 0.29) is 11.7 Å². The van der Waals surface area contributed by atoms with Crippen LogP contribution in [0.1, 0.15) is 31.2 Å². The summed E-state index contributed by atoms with van der Waals surface area (Å²) in [6.07, 6.45) is 4.34. The fraction of sp³-hybridized carbons (Fsp3) is 0.400. The second-order valence-corrected chi connectivity index (χ2v) is 6.10. The quantitative estimate of drug-likeness (QED) is 0.805. The zero-order chi connectivity index (χ0) is 14.7. The monoisotopic (exact) mass is 305 g/mol. The number of amides is 1. The zero-order valence-corrected chi connectivity index (χ0v) is 12.4. The van der Waals surface area contributed by atoms with Crippen LogP contribution >= 0.6 is 11.8 Å². The topological polar surface area (TPSA) is 45.0 Å². The predicted octanol–water partition coefficient (Wildman–Crippen LogP) is 3.19. The van der Waals surface area contributed by atoms with Gasteiger partial charge < -0.3 is 0 Å². The van der Waals surface area contributed by atoms with Crippen LogP contribution < -0.4 is 0 Å². The van der Waals surface area contributed by atoms with Crippen molar-refractivity contribution in [1.29, 1.82) is 0 Å². The van der Waals surface area contributed by atoms with Crippen molar-refractivity contribution in [2.45, 2.75) is 32.2 Å². The van der Waals surface area contributed by atoms with Crippen molar-refractivity contribution >= 4 is 28.5 Å². The summed E-state index contributed by atoms with van der Waals surface area (Å²) in [6.45, 7) is 0.341. The second-order valence-electron chi connectivity index (χ2n) is 5.15. The molecule has 3 rings (SSSR count). The van der Waals surface area contributed by atoms with Gasteiger partial charge in [-0.15, -0.1) is 5.10 Å². The molecule has 1 heterocycles. The van der Waals surface area contributed by atoms with Crippen molar-refractivity contribution < 1.29 is 9.18 Å². The Hall–Kier alpha value is -1.69. The highest BCUT2D eigenvalue weighted by molar-refractivity contribution is 8.15. The number of halogens is 1. The lowest BCUT2D eigenvalue weighted by Crippen LogP contribution is -2.28. The average molecular weight is 305 g/mol. The lowest BCUT2D eigenvalue weighted by Gasteiger charge is -2.15. The SMILES string of the molecule is O=C1CS/C(=N\N=C2CCCC2)N1Cc1cccc(F)c1. The third kappa shape index (κ3) is 3.50. The Kier molecular flexibility index (Phi) is 4.34. The van der Waals surface area contributed by atoms with E-state index >= 15 is 0 Å². The first-order chi connectivity index (χ1) is 10.2. The Morgan fingerprint density at radius 3 is 2.81 bits per heavy atom. The number of hydrogen-bond acceptors (Lipinski definition) is 4. The van der Waals surface area contributed by atoms with Crippen molar-refractivity contribution in [3.8, 4) is 0 Å². The minimum atomic E-state index is -0.295. The van der Waals surface area contributed by atoms with Gasteiger partial charge in [-0.25, -0.2) is 4.39 Å². The molecule has 0 unspecified atom stereocenters. The summed E-state index contributed by atoms with van der Waals surface area (Å²) >= 11 is 1.39. The Morgan fingerprint density at radius 1 is 1.24 bits per heavy atom. The normalized spacial score (nSPS) is 20.6. The largest absolute Gasteiger partial charge is 0.285 e. The molecule has 0 bridgehead atoms. The molecule has 0 atom stereocenters. The molecular formula is C15H16FN3OS. The molecule has 0 aromatic heterocycles. The van der Waals surface area contributed by atoms with Crippen LogP contribution in [-0.4, -0.2) is 27.4 Å². The molecular weight excluding hydrogens is 289 g/mol. The second kappa shape index (κ2) is 6.39. The Labute approximate surface area is 127 Å². The summed E-state index contributed by atoms with van der Waals surface area (Å²) < 4.78 is 13.2. The van der Waals surface area contributed by atoms with Crippen molar-refractivity contribution in [1.82, 2.24) is 4.90 Å². The van der Waals surface area contributed by atoms with E-state index < -0.39 is 0 Å². The molecule has 1 saturated carbocycles. The van der Waals surface area contributed by atoms with Crippen LogP contribution in [0, 0.1) is 5.82 Å². The van der Waals surface area contributed by atoms with E-state index in [1.807, 2.05) is 0 Å². The van der Waals surface area contributed by atoms with Gasteiger partial charge in [0.1, 0.15) is 5.82 Å². The minimum absolute atomic E-state index is 0.00497. The molecule has 1 amide bonds. The van der Waals surface area contributed by atoms with E-state index in [0.717, 1.165) is 24.1 Å². The predicted molar refractivity (Wildman–Crippen MR) is 82.7 cm³/mol. The molecule has 1 aromatic rings. The number of rotatable bonds is 3. The van der Waals surface area contributed by atoms with Crippen LogP contribution in [0.4, 0.5) is 4.39 Å². The van der Waals surface area contributed by atoms with Gasteiger partial charge in [-0.2, -0.15) is 5.10 Å². The van der Waals surface area contributed by atoms with E-state index in [4.69, 9.17) is 0 Å². The van der Waals surface area contributed by atoms with E-state index in [9.17, 15) is 9.18 Å². The number of carbonyl (C=O) groups is 1. The van der Waals surface area contributed by atoms with Gasteiger partial charge in [0, 0.05) is 5.71 Å². The van der Waals surface area contributed by atoms with Gasteiger partial charge in [-0.3, -0.25) is 9.69 Å². The summed E-state index contributed by atoms with van der Waals surface area (Å²) in [7, 11) is 0. The van der Waals surface area contributed by atoms with E-state index in [0.29, 0.717) is 17.5 Å². The lowest BCUT2D eigenvalue weighted by molar-refractivity contribution is -0.124. The highest BCUT2D eigenvalue weighted by Gasteiger charge is 2.28. The first-order valence-corrected chi connectivity index (χ1v) is 8.02. The molecule has 1 aliphatic heterocycles. The molecule has 4 nitrogen and oxygen atoms in total. The lowest BCUT2D eigenvalue weighted by atomic mass is 10.2. The fourth-order valence-corrected chi connectivity index (χ4v) is 3.27. The number of thioether (sulfide) groups is 1. The van der Waals surface area contributed by atoms with Gasteiger partial charge in [0.2, 0.25) is 5.91 Å². The van der Waals surface area contributed by atoms with Crippen LogP contribution in [0.2, 0.25) is 0 Å². The summed E-state index contributed by atoms with van der Waals surface area (Å²) in [5.41, 5.74) is 1.86. The summed E-state index contributed by atoms with van der Waals surface area (Å²) in [5.74, 6) is 0.0741. The molecule has 0 N–H and O–H groups in total. The molecule has 0 radical (unpaired) electrons. The van der Waals surface area contributed by atoms with Crippen molar-refractivity contribution in [2.24, 2.45) is 10.2 Å². The third-order valence-electron chi connectivity index (χ3n) is 3.54. The molecule has 1 saturated heterocycles. The molecule has 1 aromatic carbocycles. The van der Waals surface area contributed by atoms with Crippen LogP contribution in [-0.2, 0) is 11.3 Å². The van der Waals surface area contributed by atoms with E-state index in [2.05, 4.69) is 10.2 Å². The minimum Gasteiger partial charge on any atom is -0.285 e. The maximum absolute atomic E-state index is 13.2. The summed E-state index contributed by atoms with van der Waals surface area (Å²) in [4.78, 5) is 13.5. The first-order valence-electron chi connectivity index (χ1n) is 7.03. The standard InChI is InChI=1S/C15H16FN3OS/c16-12-5-3-4-11(8-12)9-19-14(20)10-21-15(19)18-17-13-6-1-2-7-13/h3-5,8H,1-2,6-7,9-10H2/b18-15-. The van der Waals surface area contributed by atoms with E-state index in [1.54, 1.807) is 17.0 Å². The van der Waals surface area contributed by atoms with Gasteiger partial charge in [0.25, 0.3) is 0 Å². The molecule has 2 aliphatic rings. The molecule has 2 fully saturated rings. The summed E-state index contributed by atoms with van der Waals surface area (Å²) in [6, 6.07) is 6.29. The molecule has 21 heavy (non-hydrogen) atoms. The van der Waals surface area contributed by atoms with Gasteiger partial charge in [0.15, 0.2) is 5.17 Å². The van der Waals surface area contributed by atoms with Crippen LogP contribution in [0.3, 0.4) is 0 Å². The first kappa shape index (κ1) is 14.3. The van der Waals surface area contributed by atoms with Crippen molar-refractivity contribution in [3.63, 3.8) is 0 Å². The highest BCUT2D eigenvalue weighted by atomic mass is 32.2. The van der Waals surface area contributed by atoms with Gasteiger partial charge in [-0.1, -0.05) is 23.9 Å². The van der Waals surface area contributed by atoms with Crippen molar-refractivity contribution in [3.05, 3.63) is 35.6 Å². The number of amidine groups is 1. The molecule has 110 valence electrons. The van der Waals surface area contributed by atoms with E-state index in [1.165, 1.54) is 36.7 Å². The Balaban J connectivity index is 1.76. The van der Waals surface area contributed by atoms with Crippen molar-refractivity contribution in [2.75, 3.05) is 5.75 Å². The third-order valence-corrected chi connectivity index (χ3v) is 4.50. The van der Waals surface area contributed by atoms with Crippen LogP contribution in [0.25, 0.3) is 0 Å². The van der Waals surface area contributed by atoms with Crippen LogP contribution in [0.15, 0.2) is 34.5 Å². The number of benzene rings is 1. The number of carbonyl (C=O) groups excluding carboxylic acids is 1. The molecule has 6 heteroatoms. The van der Waals surface area contributed by atoms with Gasteiger partial charge in [0.05, 0.1) is 12.3 Å². The number of hydrogen-bond donors (Lipinski definition) is 0. The fourth-order valence-electron chi connectivity index (χ4n) is 2.44. The number of nitrogens with zero attached hydrogens (tertiary/aromatic N) is 3. The van der Waals surface area contributed by atoms with Crippen LogP contribution in [0.5, 0.6) is 0 Å². The smallest absolute Gasteiger partial charge is 0.239 e. The van der Waals surface area contributed by atoms with Gasteiger partial charge >= 0.3 is 0 Å². The zero-order valence-electron chi connectivity index (χ0n) is 11.6. The molecule has 0 spiro atoms. The average Bonchev–Trinajstić information content (AvgIpc) is 3.09.